The summed E-state index contributed by atoms with van der Waals surface area (Å²) in [5.41, 5.74) is 1.50. The quantitative estimate of drug-likeness (QED) is 0.544. The first kappa shape index (κ1) is 10.8. The van der Waals surface area contributed by atoms with E-state index in [1.165, 1.54) is 50.5 Å². The monoisotopic (exact) mass is 180 g/mol. The molecule has 0 aromatic rings. The van der Waals surface area contributed by atoms with Gasteiger partial charge in [0.1, 0.15) is 0 Å². The van der Waals surface area contributed by atoms with Gasteiger partial charge in [-0.3, -0.25) is 0 Å². The van der Waals surface area contributed by atoms with Crippen LogP contribution in [0.5, 0.6) is 0 Å². The van der Waals surface area contributed by atoms with E-state index in [0.717, 1.165) is 11.8 Å². The molecule has 0 saturated heterocycles. The fourth-order valence-electron chi connectivity index (χ4n) is 2.59. The Balaban J connectivity index is 2.25. The molecule has 13 heavy (non-hydrogen) atoms. The highest BCUT2D eigenvalue weighted by molar-refractivity contribution is 5.02. The van der Waals surface area contributed by atoms with Gasteiger partial charge in [0.15, 0.2) is 0 Å². The van der Waals surface area contributed by atoms with Crippen molar-refractivity contribution in [2.75, 3.05) is 0 Å². The molecule has 2 atom stereocenters. The van der Waals surface area contributed by atoms with Crippen LogP contribution < -0.4 is 0 Å². The molecule has 0 amide bonds. The van der Waals surface area contributed by atoms with E-state index in [-0.39, 0.29) is 0 Å². The molecule has 0 heterocycles. The maximum absolute atomic E-state index is 4.08. The summed E-state index contributed by atoms with van der Waals surface area (Å²) >= 11 is 0. The highest BCUT2D eigenvalue weighted by Crippen LogP contribution is 2.35. The van der Waals surface area contributed by atoms with Gasteiger partial charge in [0.25, 0.3) is 0 Å². The summed E-state index contributed by atoms with van der Waals surface area (Å²) < 4.78 is 0. The topological polar surface area (TPSA) is 0 Å². The molecule has 1 fully saturated rings. The first-order chi connectivity index (χ1) is 6.26. The summed E-state index contributed by atoms with van der Waals surface area (Å²) in [5, 5.41) is 0. The summed E-state index contributed by atoms with van der Waals surface area (Å²) in [7, 11) is 0. The Hall–Kier alpha value is -0.260. The van der Waals surface area contributed by atoms with Gasteiger partial charge in [-0.2, -0.15) is 0 Å². The van der Waals surface area contributed by atoms with Crippen molar-refractivity contribution in [3.63, 3.8) is 0 Å². The van der Waals surface area contributed by atoms with Crippen molar-refractivity contribution in [2.24, 2.45) is 11.8 Å². The molecule has 1 aliphatic rings. The second-order valence-corrected chi connectivity index (χ2v) is 4.66. The van der Waals surface area contributed by atoms with E-state index in [4.69, 9.17) is 0 Å². The van der Waals surface area contributed by atoms with Crippen LogP contribution in [0, 0.1) is 11.8 Å². The van der Waals surface area contributed by atoms with Crippen LogP contribution in [0.4, 0.5) is 0 Å². The zero-order chi connectivity index (χ0) is 9.68. The minimum Gasteiger partial charge on any atom is -0.0999 e. The van der Waals surface area contributed by atoms with Crippen molar-refractivity contribution in [3.8, 4) is 0 Å². The lowest BCUT2D eigenvalue weighted by molar-refractivity contribution is 0.348. The summed E-state index contributed by atoms with van der Waals surface area (Å²) in [6, 6.07) is 0. The third-order valence-corrected chi connectivity index (χ3v) is 3.42. The third-order valence-electron chi connectivity index (χ3n) is 3.42. The second kappa shape index (κ2) is 5.47. The molecule has 1 rings (SSSR count). The molecular weight excluding hydrogens is 156 g/mol. The van der Waals surface area contributed by atoms with Gasteiger partial charge in [-0.25, -0.2) is 0 Å². The van der Waals surface area contributed by atoms with Crippen LogP contribution in [-0.4, -0.2) is 0 Å². The van der Waals surface area contributed by atoms with Crippen molar-refractivity contribution >= 4 is 0 Å². The largest absolute Gasteiger partial charge is 0.0999 e. The predicted octanol–water partition coefficient (Wildman–Crippen LogP) is 4.56. The SMILES string of the molecule is C=C1CCC(CC(CC)CCC)C1. The molecule has 1 saturated carbocycles. The Kier molecular flexibility index (Phi) is 4.55. The zero-order valence-electron chi connectivity index (χ0n) is 9.31. The normalized spacial score (nSPS) is 25.1. The van der Waals surface area contributed by atoms with Crippen LogP contribution in [0.3, 0.4) is 0 Å². The van der Waals surface area contributed by atoms with Crippen LogP contribution >= 0.6 is 0 Å². The molecule has 76 valence electrons. The van der Waals surface area contributed by atoms with Crippen molar-refractivity contribution in [1.82, 2.24) is 0 Å². The Morgan fingerprint density at radius 2 is 2.23 bits per heavy atom. The molecule has 0 heteroatoms. The second-order valence-electron chi connectivity index (χ2n) is 4.66. The van der Waals surface area contributed by atoms with Gasteiger partial charge in [-0.15, -0.1) is 0 Å². The van der Waals surface area contributed by atoms with Gasteiger partial charge in [-0.1, -0.05) is 45.3 Å². The summed E-state index contributed by atoms with van der Waals surface area (Å²) in [6.45, 7) is 8.72. The minimum atomic E-state index is 0.976. The molecule has 0 aliphatic heterocycles. The summed E-state index contributed by atoms with van der Waals surface area (Å²) in [6.07, 6.45) is 9.65. The maximum atomic E-state index is 4.08. The average Bonchev–Trinajstić information content (AvgIpc) is 2.50. The Labute approximate surface area is 83.4 Å². The highest BCUT2D eigenvalue weighted by Gasteiger charge is 2.20. The van der Waals surface area contributed by atoms with E-state index in [2.05, 4.69) is 20.4 Å². The van der Waals surface area contributed by atoms with Crippen LogP contribution in [0.25, 0.3) is 0 Å². The molecule has 2 unspecified atom stereocenters. The van der Waals surface area contributed by atoms with Crippen molar-refractivity contribution in [3.05, 3.63) is 12.2 Å². The lowest BCUT2D eigenvalue weighted by atomic mass is 9.88. The van der Waals surface area contributed by atoms with E-state index in [1.54, 1.807) is 0 Å². The zero-order valence-corrected chi connectivity index (χ0v) is 9.31. The first-order valence-electron chi connectivity index (χ1n) is 5.92. The molecule has 0 N–H and O–H groups in total. The van der Waals surface area contributed by atoms with E-state index in [9.17, 15) is 0 Å². The van der Waals surface area contributed by atoms with Crippen LogP contribution in [-0.2, 0) is 0 Å². The van der Waals surface area contributed by atoms with E-state index in [0.29, 0.717) is 0 Å². The molecule has 0 aromatic heterocycles. The lowest BCUT2D eigenvalue weighted by Gasteiger charge is -2.17. The van der Waals surface area contributed by atoms with Gasteiger partial charge in [0.2, 0.25) is 0 Å². The molecule has 0 spiro atoms. The van der Waals surface area contributed by atoms with Crippen LogP contribution in [0.2, 0.25) is 0 Å². The van der Waals surface area contributed by atoms with E-state index >= 15 is 0 Å². The predicted molar refractivity (Wildman–Crippen MR) is 59.8 cm³/mol. The van der Waals surface area contributed by atoms with Crippen molar-refractivity contribution in [1.29, 1.82) is 0 Å². The summed E-state index contributed by atoms with van der Waals surface area (Å²) in [4.78, 5) is 0. The number of hydrogen-bond acceptors (Lipinski definition) is 0. The van der Waals surface area contributed by atoms with Crippen molar-refractivity contribution in [2.45, 2.75) is 58.8 Å². The number of allylic oxidation sites excluding steroid dienone is 1. The fraction of sp³-hybridized carbons (Fsp3) is 0.846. The highest BCUT2D eigenvalue weighted by atomic mass is 14.3. The van der Waals surface area contributed by atoms with Gasteiger partial charge >= 0.3 is 0 Å². The fourth-order valence-corrected chi connectivity index (χ4v) is 2.59. The smallest absolute Gasteiger partial charge is 0.0294 e. The Morgan fingerprint density at radius 1 is 1.46 bits per heavy atom. The summed E-state index contributed by atoms with van der Waals surface area (Å²) in [5.74, 6) is 1.96. The molecule has 0 aromatic carbocycles. The number of rotatable bonds is 5. The van der Waals surface area contributed by atoms with Gasteiger partial charge < -0.3 is 0 Å². The lowest BCUT2D eigenvalue weighted by Crippen LogP contribution is -2.05. The first-order valence-corrected chi connectivity index (χ1v) is 5.92. The average molecular weight is 180 g/mol. The number of hydrogen-bond donors (Lipinski definition) is 0. The Morgan fingerprint density at radius 3 is 2.69 bits per heavy atom. The van der Waals surface area contributed by atoms with Gasteiger partial charge in [-0.05, 0) is 37.5 Å². The minimum absolute atomic E-state index is 0.976. The van der Waals surface area contributed by atoms with E-state index in [1.807, 2.05) is 0 Å². The van der Waals surface area contributed by atoms with Crippen LogP contribution in [0.15, 0.2) is 12.2 Å². The Bertz CT molecular complexity index is 157. The van der Waals surface area contributed by atoms with Gasteiger partial charge in [0, 0.05) is 0 Å². The standard InChI is InChI=1S/C13H24/c1-4-6-12(5-2)10-13-8-7-11(3)9-13/h12-13H,3-10H2,1-2H3. The molecule has 0 radical (unpaired) electrons. The van der Waals surface area contributed by atoms with E-state index < -0.39 is 0 Å². The molecule has 0 bridgehead atoms. The third kappa shape index (κ3) is 3.54. The van der Waals surface area contributed by atoms with Crippen LogP contribution in [0.1, 0.15) is 58.8 Å². The molecule has 1 aliphatic carbocycles. The molecule has 0 nitrogen and oxygen atoms in total. The maximum Gasteiger partial charge on any atom is -0.0294 e. The van der Waals surface area contributed by atoms with Gasteiger partial charge in [0.05, 0.1) is 0 Å². The van der Waals surface area contributed by atoms with Crippen molar-refractivity contribution < 1.29 is 0 Å². The molecular formula is C13H24.